The van der Waals surface area contributed by atoms with Crippen molar-refractivity contribution in [1.29, 1.82) is 0 Å². The van der Waals surface area contributed by atoms with Gasteiger partial charge in [-0.25, -0.2) is 18.1 Å². The summed E-state index contributed by atoms with van der Waals surface area (Å²) in [4.78, 5) is 19.8. The van der Waals surface area contributed by atoms with E-state index in [1.54, 1.807) is 18.2 Å². The van der Waals surface area contributed by atoms with E-state index in [4.69, 9.17) is 15.2 Å². The molecule has 2 aromatic carbocycles. The number of rotatable bonds is 16. The van der Waals surface area contributed by atoms with Crippen LogP contribution in [0.15, 0.2) is 52.4 Å². The normalized spacial score (nSPS) is 16.0. The molecule has 0 radical (unpaired) electrons. The molecule has 0 saturated carbocycles. The average molecular weight is 562 g/mol. The molecule has 1 heterocycles. The van der Waals surface area contributed by atoms with Gasteiger partial charge < -0.3 is 20.5 Å². The first-order valence-corrected chi connectivity index (χ1v) is 15.3. The zero-order valence-corrected chi connectivity index (χ0v) is 23.9. The molecule has 0 aromatic heterocycles. The van der Waals surface area contributed by atoms with Crippen molar-refractivity contribution in [1.82, 2.24) is 14.9 Å². The van der Waals surface area contributed by atoms with E-state index in [1.807, 2.05) is 38.1 Å². The number of carbonyl (C=O) groups excluding carboxylic acids is 1. The van der Waals surface area contributed by atoms with Crippen molar-refractivity contribution in [2.45, 2.75) is 63.2 Å². The topological polar surface area (TPSA) is 135 Å². The summed E-state index contributed by atoms with van der Waals surface area (Å²) in [7, 11) is -3.91. The molecule has 216 valence electrons. The Labute approximate surface area is 232 Å². The summed E-state index contributed by atoms with van der Waals surface area (Å²) in [5, 5.41) is 4.81. The van der Waals surface area contributed by atoms with E-state index in [-0.39, 0.29) is 29.7 Å². The SMILES string of the molecule is CCOC(CN=C(N)NCCC[C@H](NS(=O)(=O)c1ccc2ccccc2c1)C(=O)CN1CCCCC1)OCC. The third-order valence-electron chi connectivity index (χ3n) is 6.64. The van der Waals surface area contributed by atoms with Gasteiger partial charge in [0.15, 0.2) is 18.0 Å². The minimum absolute atomic E-state index is 0.126. The highest BCUT2D eigenvalue weighted by molar-refractivity contribution is 7.89. The maximum absolute atomic E-state index is 13.3. The molecule has 0 spiro atoms. The third-order valence-corrected chi connectivity index (χ3v) is 8.11. The summed E-state index contributed by atoms with van der Waals surface area (Å²) in [6, 6.07) is 11.7. The molecule has 11 heteroatoms. The van der Waals surface area contributed by atoms with Crippen LogP contribution in [-0.2, 0) is 24.3 Å². The quantitative estimate of drug-likeness (QED) is 0.123. The number of aliphatic imine (C=N–C) groups is 1. The Morgan fingerprint density at radius 2 is 1.74 bits per heavy atom. The number of piperidine rings is 1. The highest BCUT2D eigenvalue weighted by Crippen LogP contribution is 2.20. The molecule has 1 atom stereocenters. The summed E-state index contributed by atoms with van der Waals surface area (Å²) in [5.41, 5.74) is 5.98. The van der Waals surface area contributed by atoms with Gasteiger partial charge in [0.25, 0.3) is 0 Å². The van der Waals surface area contributed by atoms with E-state index in [0.717, 1.165) is 43.1 Å². The molecule has 3 rings (SSSR count). The highest BCUT2D eigenvalue weighted by Gasteiger charge is 2.27. The summed E-state index contributed by atoms with van der Waals surface area (Å²) >= 11 is 0. The van der Waals surface area contributed by atoms with Crippen LogP contribution in [-0.4, -0.2) is 83.3 Å². The fourth-order valence-corrected chi connectivity index (χ4v) is 5.89. The number of likely N-dealkylation sites (tertiary alicyclic amines) is 1. The highest BCUT2D eigenvalue weighted by atomic mass is 32.2. The zero-order chi connectivity index (χ0) is 28.1. The third kappa shape index (κ3) is 10.2. The molecule has 0 aliphatic carbocycles. The van der Waals surface area contributed by atoms with E-state index in [9.17, 15) is 13.2 Å². The Morgan fingerprint density at radius 3 is 2.44 bits per heavy atom. The standard InChI is InChI=1S/C28H43N5O5S/c1-3-37-27(38-4-2)20-31-28(29)30-16-10-13-25(26(34)21-33-17-8-5-9-18-33)32-39(35,36)24-15-14-22-11-6-7-12-23(22)19-24/h6-7,11-12,14-15,19,25,27,32H,3-5,8-10,13,16-18,20-21H2,1-2H3,(H3,29,30,31)/t25-/m0/s1. The maximum Gasteiger partial charge on any atom is 0.241 e. The van der Waals surface area contributed by atoms with Gasteiger partial charge in [0.1, 0.15) is 0 Å². The second-order valence-corrected chi connectivity index (χ2v) is 11.3. The Morgan fingerprint density at radius 1 is 1.05 bits per heavy atom. The molecule has 1 saturated heterocycles. The summed E-state index contributed by atoms with van der Waals surface area (Å²) < 4.78 is 40.3. The summed E-state index contributed by atoms with van der Waals surface area (Å²) in [6.07, 6.45) is 3.66. The van der Waals surface area contributed by atoms with Crippen molar-refractivity contribution < 1.29 is 22.7 Å². The van der Waals surface area contributed by atoms with Crippen LogP contribution < -0.4 is 15.8 Å². The number of ketones is 1. The van der Waals surface area contributed by atoms with Gasteiger partial charge in [-0.1, -0.05) is 36.8 Å². The molecular weight excluding hydrogens is 518 g/mol. The van der Waals surface area contributed by atoms with Crippen LogP contribution in [0.3, 0.4) is 0 Å². The summed E-state index contributed by atoms with van der Waals surface area (Å²) in [6.45, 7) is 7.44. The zero-order valence-electron chi connectivity index (χ0n) is 23.1. The molecule has 0 unspecified atom stereocenters. The molecule has 0 bridgehead atoms. The van der Waals surface area contributed by atoms with E-state index in [0.29, 0.717) is 32.6 Å². The molecule has 39 heavy (non-hydrogen) atoms. The Kier molecular flexibility index (Phi) is 12.6. The van der Waals surface area contributed by atoms with Gasteiger partial charge in [-0.3, -0.25) is 9.69 Å². The molecule has 10 nitrogen and oxygen atoms in total. The van der Waals surface area contributed by atoms with E-state index in [1.165, 1.54) is 0 Å². The Balaban J connectivity index is 1.63. The van der Waals surface area contributed by atoms with Gasteiger partial charge in [-0.05, 0) is 75.5 Å². The van der Waals surface area contributed by atoms with E-state index in [2.05, 4.69) is 19.9 Å². The van der Waals surface area contributed by atoms with Crippen LogP contribution in [0.2, 0.25) is 0 Å². The molecule has 1 fully saturated rings. The smallest absolute Gasteiger partial charge is 0.241 e. The number of Topliss-reactive ketones (excluding diaryl/α,β-unsaturated/α-hetero) is 1. The first-order valence-electron chi connectivity index (χ1n) is 13.9. The number of guanidine groups is 1. The van der Waals surface area contributed by atoms with Gasteiger partial charge in [0.2, 0.25) is 10.0 Å². The molecule has 4 N–H and O–H groups in total. The van der Waals surface area contributed by atoms with Gasteiger partial charge in [0, 0.05) is 19.8 Å². The van der Waals surface area contributed by atoms with Crippen LogP contribution in [0.5, 0.6) is 0 Å². The minimum atomic E-state index is -3.91. The monoisotopic (exact) mass is 561 g/mol. The number of nitrogens with one attached hydrogen (secondary N) is 2. The minimum Gasteiger partial charge on any atom is -0.370 e. The lowest BCUT2D eigenvalue weighted by Crippen LogP contribution is -2.46. The number of fused-ring (bicyclic) bond motifs is 1. The fraction of sp³-hybridized carbons (Fsp3) is 0.571. The lowest BCUT2D eigenvalue weighted by Gasteiger charge is -2.27. The van der Waals surface area contributed by atoms with Crippen molar-refractivity contribution in [2.24, 2.45) is 10.7 Å². The number of ether oxygens (including phenoxy) is 2. The predicted molar refractivity (Wildman–Crippen MR) is 154 cm³/mol. The van der Waals surface area contributed by atoms with E-state index < -0.39 is 22.4 Å². The van der Waals surface area contributed by atoms with Crippen molar-refractivity contribution in [2.75, 3.05) is 45.9 Å². The average Bonchev–Trinajstić information content (AvgIpc) is 2.93. The molecule has 2 aromatic rings. The van der Waals surface area contributed by atoms with Crippen LogP contribution in [0.25, 0.3) is 10.8 Å². The van der Waals surface area contributed by atoms with Crippen LogP contribution in [0.1, 0.15) is 46.0 Å². The predicted octanol–water partition coefficient (Wildman–Crippen LogP) is 2.63. The van der Waals surface area contributed by atoms with Crippen molar-refractivity contribution in [3.05, 3.63) is 42.5 Å². The largest absolute Gasteiger partial charge is 0.370 e. The molecule has 0 amide bonds. The number of benzene rings is 2. The lowest BCUT2D eigenvalue weighted by molar-refractivity contribution is -0.128. The molecule has 1 aliphatic rings. The molecular formula is C28H43N5O5S. The fourth-order valence-electron chi connectivity index (χ4n) is 4.60. The number of hydrogen-bond acceptors (Lipinski definition) is 7. The Hall–Kier alpha value is -2.57. The van der Waals surface area contributed by atoms with Crippen molar-refractivity contribution in [3.8, 4) is 0 Å². The first-order chi connectivity index (χ1) is 18.8. The van der Waals surface area contributed by atoms with Gasteiger partial charge in [0.05, 0.1) is 24.0 Å². The van der Waals surface area contributed by atoms with Gasteiger partial charge in [-0.15, -0.1) is 0 Å². The number of carbonyl (C=O) groups is 1. The van der Waals surface area contributed by atoms with Crippen molar-refractivity contribution >= 4 is 32.5 Å². The molecule has 1 aliphatic heterocycles. The van der Waals surface area contributed by atoms with Crippen LogP contribution >= 0.6 is 0 Å². The van der Waals surface area contributed by atoms with Crippen LogP contribution in [0.4, 0.5) is 0 Å². The second kappa shape index (κ2) is 15.9. The first kappa shape index (κ1) is 31.0. The number of sulfonamides is 1. The van der Waals surface area contributed by atoms with Gasteiger partial charge >= 0.3 is 0 Å². The van der Waals surface area contributed by atoms with Gasteiger partial charge in [-0.2, -0.15) is 0 Å². The number of nitrogens with zero attached hydrogens (tertiary/aromatic N) is 2. The Bertz CT molecular complexity index is 1180. The van der Waals surface area contributed by atoms with E-state index >= 15 is 0 Å². The van der Waals surface area contributed by atoms with Crippen LogP contribution in [0, 0.1) is 0 Å². The van der Waals surface area contributed by atoms with Crippen molar-refractivity contribution in [3.63, 3.8) is 0 Å². The maximum atomic E-state index is 13.3. The lowest BCUT2D eigenvalue weighted by atomic mass is 10.1. The number of nitrogens with two attached hydrogens (primary N) is 1. The number of hydrogen-bond donors (Lipinski definition) is 3. The second-order valence-electron chi connectivity index (χ2n) is 9.62. The summed E-state index contributed by atoms with van der Waals surface area (Å²) in [5.74, 6) is 0.117.